The zero-order valence-electron chi connectivity index (χ0n) is 18.8. The first-order valence-corrected chi connectivity index (χ1v) is 11.4. The van der Waals surface area contributed by atoms with Gasteiger partial charge in [0.1, 0.15) is 5.54 Å². The smallest absolute Gasteiger partial charge is 0.328 e. The Kier molecular flexibility index (Phi) is 7.17. The molecule has 1 aromatic carbocycles. The lowest BCUT2D eigenvalue weighted by Crippen LogP contribution is -2.57. The normalized spacial score (nSPS) is 18.7. The molecular formula is C25H32N4O3. The van der Waals surface area contributed by atoms with Crippen molar-refractivity contribution in [1.29, 1.82) is 0 Å². The number of pyridine rings is 1. The Hall–Kier alpha value is -2.77. The maximum absolute atomic E-state index is 13.6. The number of ether oxygens (including phenoxy) is 1. The highest BCUT2D eigenvalue weighted by Gasteiger charge is 2.57. The third-order valence-electron chi connectivity index (χ3n) is 6.67. The predicted octanol–water partition coefficient (Wildman–Crippen LogP) is 2.96. The first-order valence-electron chi connectivity index (χ1n) is 11.4. The van der Waals surface area contributed by atoms with Crippen LogP contribution in [-0.4, -0.2) is 77.1 Å². The van der Waals surface area contributed by atoms with Crippen LogP contribution in [0.1, 0.15) is 30.4 Å². The summed E-state index contributed by atoms with van der Waals surface area (Å²) in [4.78, 5) is 36.5. The molecule has 0 radical (unpaired) electrons. The Morgan fingerprint density at radius 2 is 1.75 bits per heavy atom. The van der Waals surface area contributed by atoms with E-state index in [4.69, 9.17) is 4.74 Å². The van der Waals surface area contributed by atoms with Gasteiger partial charge in [-0.2, -0.15) is 0 Å². The Morgan fingerprint density at radius 1 is 1.00 bits per heavy atom. The minimum absolute atomic E-state index is 0.0774. The number of urea groups is 1. The van der Waals surface area contributed by atoms with Crippen LogP contribution in [0.15, 0.2) is 54.9 Å². The third kappa shape index (κ3) is 4.69. The maximum atomic E-state index is 13.6. The molecule has 1 aromatic heterocycles. The van der Waals surface area contributed by atoms with Crippen LogP contribution < -0.4 is 0 Å². The van der Waals surface area contributed by atoms with Gasteiger partial charge in [0, 0.05) is 39.1 Å². The van der Waals surface area contributed by atoms with Crippen LogP contribution >= 0.6 is 0 Å². The summed E-state index contributed by atoms with van der Waals surface area (Å²) in [5.74, 6) is -0.0774. The average molecular weight is 437 g/mol. The van der Waals surface area contributed by atoms with E-state index in [1.54, 1.807) is 24.4 Å². The van der Waals surface area contributed by atoms with Crippen molar-refractivity contribution >= 4 is 11.9 Å². The van der Waals surface area contributed by atoms with Gasteiger partial charge in [-0.15, -0.1) is 0 Å². The summed E-state index contributed by atoms with van der Waals surface area (Å²) >= 11 is 0. The number of imide groups is 1. The van der Waals surface area contributed by atoms with Crippen LogP contribution in [0.5, 0.6) is 0 Å². The quantitative estimate of drug-likeness (QED) is 0.566. The number of carbonyl (C=O) groups excluding carboxylic acids is 2. The third-order valence-corrected chi connectivity index (χ3v) is 6.67. The fourth-order valence-electron chi connectivity index (χ4n) is 4.87. The molecule has 1 spiro atoms. The topological polar surface area (TPSA) is 66.0 Å². The standard InChI is InChI=1S/C25H32N4O3/c1-32-18-17-29-24(31)28(20-22-9-5-13-26-19-22)23(30)25(29)11-15-27(16-12-25)14-6-10-21-7-3-2-4-8-21/h2-5,7-9,13,19H,6,10-12,14-18,20H2,1H3. The van der Waals surface area contributed by atoms with E-state index in [0.717, 1.165) is 38.0 Å². The number of carbonyl (C=O) groups is 2. The molecule has 2 saturated heterocycles. The number of methoxy groups -OCH3 is 1. The van der Waals surface area contributed by atoms with E-state index in [9.17, 15) is 9.59 Å². The highest BCUT2D eigenvalue weighted by molar-refractivity contribution is 6.07. The van der Waals surface area contributed by atoms with Crippen molar-refractivity contribution in [3.8, 4) is 0 Å². The summed E-state index contributed by atoms with van der Waals surface area (Å²) in [7, 11) is 1.62. The Morgan fingerprint density at radius 3 is 2.44 bits per heavy atom. The SMILES string of the molecule is COCCN1C(=O)N(Cc2cccnc2)C(=O)C12CCN(CCCc1ccccc1)CC2. The van der Waals surface area contributed by atoms with Crippen molar-refractivity contribution in [3.05, 3.63) is 66.0 Å². The van der Waals surface area contributed by atoms with Crippen molar-refractivity contribution in [3.63, 3.8) is 0 Å². The van der Waals surface area contributed by atoms with Crippen molar-refractivity contribution < 1.29 is 14.3 Å². The largest absolute Gasteiger partial charge is 0.383 e. The summed E-state index contributed by atoms with van der Waals surface area (Å²) in [5.41, 5.74) is 1.46. The van der Waals surface area contributed by atoms with Crippen LogP contribution in [0.25, 0.3) is 0 Å². The van der Waals surface area contributed by atoms with Gasteiger partial charge in [-0.05, 0) is 49.4 Å². The number of rotatable bonds is 9. The number of nitrogens with zero attached hydrogens (tertiary/aromatic N) is 4. The lowest BCUT2D eigenvalue weighted by molar-refractivity contribution is -0.136. The first-order chi connectivity index (χ1) is 15.6. The van der Waals surface area contributed by atoms with E-state index in [0.29, 0.717) is 26.0 Å². The van der Waals surface area contributed by atoms with Gasteiger partial charge in [0.05, 0.1) is 13.2 Å². The predicted molar refractivity (Wildman–Crippen MR) is 122 cm³/mol. The average Bonchev–Trinajstić information content (AvgIpc) is 3.01. The summed E-state index contributed by atoms with van der Waals surface area (Å²) in [6, 6.07) is 14.0. The molecule has 0 saturated carbocycles. The van der Waals surface area contributed by atoms with Gasteiger partial charge in [0.25, 0.3) is 5.91 Å². The minimum atomic E-state index is -0.756. The summed E-state index contributed by atoms with van der Waals surface area (Å²) in [6.45, 7) is 3.75. The van der Waals surface area contributed by atoms with Crippen LogP contribution in [0, 0.1) is 0 Å². The van der Waals surface area contributed by atoms with Crippen molar-refractivity contribution in [2.45, 2.75) is 37.8 Å². The molecule has 0 N–H and O–H groups in total. The molecule has 170 valence electrons. The van der Waals surface area contributed by atoms with Crippen LogP contribution in [-0.2, 0) is 22.5 Å². The van der Waals surface area contributed by atoms with Gasteiger partial charge in [-0.1, -0.05) is 36.4 Å². The lowest BCUT2D eigenvalue weighted by Gasteiger charge is -2.42. The molecule has 0 atom stereocenters. The molecule has 7 nitrogen and oxygen atoms in total. The van der Waals surface area contributed by atoms with Crippen molar-refractivity contribution in [1.82, 2.24) is 19.7 Å². The second kappa shape index (κ2) is 10.2. The molecule has 0 bridgehead atoms. The van der Waals surface area contributed by atoms with Crippen LogP contribution in [0.4, 0.5) is 4.79 Å². The molecule has 2 aliphatic heterocycles. The van der Waals surface area contributed by atoms with E-state index in [-0.39, 0.29) is 18.5 Å². The molecule has 2 fully saturated rings. The second-order valence-electron chi connectivity index (χ2n) is 8.64. The number of aryl methyl sites for hydroxylation is 1. The Balaban J connectivity index is 1.40. The second-order valence-corrected chi connectivity index (χ2v) is 8.64. The number of benzene rings is 1. The zero-order valence-corrected chi connectivity index (χ0v) is 18.8. The van der Waals surface area contributed by atoms with Crippen molar-refractivity contribution in [2.75, 3.05) is 39.9 Å². The van der Waals surface area contributed by atoms with Gasteiger partial charge in [0.15, 0.2) is 0 Å². The van der Waals surface area contributed by atoms with E-state index in [1.165, 1.54) is 10.5 Å². The zero-order chi connectivity index (χ0) is 22.4. The molecule has 32 heavy (non-hydrogen) atoms. The van der Waals surface area contributed by atoms with E-state index in [1.807, 2.05) is 18.2 Å². The van der Waals surface area contributed by atoms with Gasteiger partial charge in [-0.3, -0.25) is 14.7 Å². The summed E-state index contributed by atoms with van der Waals surface area (Å²) in [5, 5.41) is 0. The Bertz CT molecular complexity index is 898. The fourth-order valence-corrected chi connectivity index (χ4v) is 4.87. The van der Waals surface area contributed by atoms with Gasteiger partial charge >= 0.3 is 6.03 Å². The lowest BCUT2D eigenvalue weighted by atomic mass is 9.85. The van der Waals surface area contributed by atoms with Crippen LogP contribution in [0.2, 0.25) is 0 Å². The number of likely N-dealkylation sites (tertiary alicyclic amines) is 1. The molecule has 2 aliphatic rings. The van der Waals surface area contributed by atoms with E-state index in [2.05, 4.69) is 34.1 Å². The fraction of sp³-hybridized carbons (Fsp3) is 0.480. The van der Waals surface area contributed by atoms with Crippen molar-refractivity contribution in [2.24, 2.45) is 0 Å². The number of piperidine rings is 1. The monoisotopic (exact) mass is 436 g/mol. The van der Waals surface area contributed by atoms with Gasteiger partial charge < -0.3 is 14.5 Å². The summed E-state index contributed by atoms with van der Waals surface area (Å²) in [6.07, 6.45) is 6.87. The Labute approximate surface area is 190 Å². The molecule has 3 amide bonds. The molecule has 0 unspecified atom stereocenters. The highest BCUT2D eigenvalue weighted by Crippen LogP contribution is 2.38. The summed E-state index contributed by atoms with van der Waals surface area (Å²) < 4.78 is 5.25. The number of amides is 3. The highest BCUT2D eigenvalue weighted by atomic mass is 16.5. The number of hydrogen-bond acceptors (Lipinski definition) is 5. The molecule has 4 rings (SSSR count). The van der Waals surface area contributed by atoms with Gasteiger partial charge in [0.2, 0.25) is 0 Å². The number of hydrogen-bond donors (Lipinski definition) is 0. The maximum Gasteiger partial charge on any atom is 0.328 e. The first kappa shape index (κ1) is 22.4. The van der Waals surface area contributed by atoms with Crippen LogP contribution in [0.3, 0.4) is 0 Å². The number of aromatic nitrogens is 1. The van der Waals surface area contributed by atoms with E-state index < -0.39 is 5.54 Å². The molecule has 3 heterocycles. The molecule has 2 aromatic rings. The molecular weight excluding hydrogens is 404 g/mol. The molecule has 7 heteroatoms. The molecule has 0 aliphatic carbocycles. The van der Waals surface area contributed by atoms with E-state index >= 15 is 0 Å². The minimum Gasteiger partial charge on any atom is -0.383 e. The van der Waals surface area contributed by atoms with Gasteiger partial charge in [-0.25, -0.2) is 4.79 Å².